The average molecular weight is 618 g/mol. The SMILES string of the molecule is CCCCN(C(=O)c1ccc2cc(OCC3CO3)ccc2c1)c1ccc(OC(=O)c2ccc3cc(OCC4CO4)ccc3c2)cc1. The van der Waals surface area contributed by atoms with Crippen LogP contribution in [0.15, 0.2) is 97.1 Å². The summed E-state index contributed by atoms with van der Waals surface area (Å²) in [4.78, 5) is 28.6. The molecule has 0 bridgehead atoms. The Hall–Kier alpha value is -4.92. The van der Waals surface area contributed by atoms with E-state index in [2.05, 4.69) is 6.92 Å². The van der Waals surface area contributed by atoms with Crippen molar-refractivity contribution in [3.63, 3.8) is 0 Å². The highest BCUT2D eigenvalue weighted by atomic mass is 16.6. The van der Waals surface area contributed by atoms with Gasteiger partial charge >= 0.3 is 5.97 Å². The first-order chi connectivity index (χ1) is 22.5. The van der Waals surface area contributed by atoms with Crippen LogP contribution in [0.4, 0.5) is 5.69 Å². The number of anilines is 1. The highest BCUT2D eigenvalue weighted by Crippen LogP contribution is 2.28. The maximum absolute atomic E-state index is 13.8. The molecule has 2 aliphatic heterocycles. The molecule has 8 nitrogen and oxygen atoms in total. The molecule has 46 heavy (non-hydrogen) atoms. The zero-order chi connectivity index (χ0) is 31.5. The Morgan fingerprint density at radius 3 is 1.74 bits per heavy atom. The van der Waals surface area contributed by atoms with Gasteiger partial charge in [0.2, 0.25) is 0 Å². The van der Waals surface area contributed by atoms with E-state index < -0.39 is 5.97 Å². The van der Waals surface area contributed by atoms with Crippen molar-refractivity contribution in [2.75, 3.05) is 37.9 Å². The number of carbonyl (C=O) groups excluding carboxylic acids is 2. The van der Waals surface area contributed by atoms with Gasteiger partial charge in [-0.05, 0) is 101 Å². The quantitative estimate of drug-likeness (QED) is 0.0783. The molecule has 0 spiro atoms. The zero-order valence-electron chi connectivity index (χ0n) is 25.6. The summed E-state index contributed by atoms with van der Waals surface area (Å²) in [5, 5.41) is 3.85. The van der Waals surface area contributed by atoms with Gasteiger partial charge in [0.15, 0.2) is 0 Å². The Labute approximate surface area is 267 Å². The monoisotopic (exact) mass is 617 g/mol. The number of nitrogens with zero attached hydrogens (tertiary/aromatic N) is 1. The van der Waals surface area contributed by atoms with Crippen molar-refractivity contribution in [3.8, 4) is 17.2 Å². The van der Waals surface area contributed by atoms with E-state index >= 15 is 0 Å². The highest BCUT2D eigenvalue weighted by Gasteiger charge is 2.24. The molecule has 0 N–H and O–H groups in total. The van der Waals surface area contributed by atoms with Gasteiger partial charge in [-0.1, -0.05) is 37.6 Å². The summed E-state index contributed by atoms with van der Waals surface area (Å²) in [7, 11) is 0. The molecule has 0 aliphatic carbocycles. The summed E-state index contributed by atoms with van der Waals surface area (Å²) >= 11 is 0. The fourth-order valence-corrected chi connectivity index (χ4v) is 5.27. The highest BCUT2D eigenvalue weighted by molar-refractivity contribution is 6.08. The number of rotatable bonds is 13. The normalized spacial score (nSPS) is 16.6. The molecule has 0 aromatic heterocycles. The van der Waals surface area contributed by atoms with Crippen molar-refractivity contribution in [1.29, 1.82) is 0 Å². The van der Waals surface area contributed by atoms with Crippen LogP contribution in [0.1, 0.15) is 40.5 Å². The van der Waals surface area contributed by atoms with E-state index in [0.717, 1.165) is 64.8 Å². The summed E-state index contributed by atoms with van der Waals surface area (Å²) in [5.74, 6) is 1.42. The fraction of sp³-hybridized carbons (Fsp3) is 0.263. The number of ether oxygens (including phenoxy) is 5. The van der Waals surface area contributed by atoms with Crippen molar-refractivity contribution in [3.05, 3.63) is 108 Å². The van der Waals surface area contributed by atoms with Gasteiger partial charge < -0.3 is 28.6 Å². The van der Waals surface area contributed by atoms with Crippen LogP contribution in [0.2, 0.25) is 0 Å². The molecule has 2 fully saturated rings. The second-order valence-electron chi connectivity index (χ2n) is 11.7. The molecule has 5 aromatic rings. The summed E-state index contributed by atoms with van der Waals surface area (Å²) in [5.41, 5.74) is 1.79. The molecule has 2 unspecified atom stereocenters. The molecule has 2 saturated heterocycles. The maximum atomic E-state index is 13.8. The minimum atomic E-state index is -0.453. The van der Waals surface area contributed by atoms with Crippen LogP contribution in [0.3, 0.4) is 0 Å². The second kappa shape index (κ2) is 13.2. The Kier molecular flexibility index (Phi) is 8.55. The molecule has 5 aromatic carbocycles. The molecule has 8 heteroatoms. The Morgan fingerprint density at radius 2 is 1.17 bits per heavy atom. The second-order valence-corrected chi connectivity index (χ2v) is 11.7. The summed E-state index contributed by atoms with van der Waals surface area (Å²) < 4.78 is 27.7. The topological polar surface area (TPSA) is 90.1 Å². The van der Waals surface area contributed by atoms with Crippen LogP contribution < -0.4 is 19.1 Å². The average Bonchev–Trinajstić information content (AvgIpc) is 4.03. The summed E-state index contributed by atoms with van der Waals surface area (Å²) in [6.07, 6.45) is 2.18. The third-order valence-electron chi connectivity index (χ3n) is 8.12. The molecule has 2 heterocycles. The lowest BCUT2D eigenvalue weighted by atomic mass is 10.1. The van der Waals surface area contributed by atoms with Crippen LogP contribution in [0.5, 0.6) is 17.2 Å². The van der Waals surface area contributed by atoms with Crippen molar-refractivity contribution in [2.45, 2.75) is 32.0 Å². The number of hydrogen-bond acceptors (Lipinski definition) is 7. The van der Waals surface area contributed by atoms with Gasteiger partial charge in [0, 0.05) is 17.8 Å². The van der Waals surface area contributed by atoms with E-state index in [1.807, 2.05) is 78.9 Å². The number of amides is 1. The number of hydrogen-bond donors (Lipinski definition) is 0. The third kappa shape index (κ3) is 7.14. The molecular formula is C38H35NO7. The molecule has 2 aliphatic rings. The van der Waals surface area contributed by atoms with Gasteiger partial charge in [-0.2, -0.15) is 0 Å². The van der Waals surface area contributed by atoms with Gasteiger partial charge in [0.25, 0.3) is 5.91 Å². The minimum Gasteiger partial charge on any atom is -0.491 e. The van der Waals surface area contributed by atoms with Gasteiger partial charge in [-0.3, -0.25) is 4.79 Å². The molecule has 1 amide bonds. The minimum absolute atomic E-state index is 0.0862. The standard InChI is InChI=1S/C38H35NO7/c1-2-3-16-39(37(40)29-6-4-27-19-33(12-8-25(27)17-29)42-21-35-23-44-35)31-10-14-32(15-11-31)46-38(41)30-7-5-28-20-34(13-9-26(28)18-30)43-22-36-24-45-36/h4-15,17-20,35-36H,2-3,16,21-24H2,1H3. The van der Waals surface area contributed by atoms with Crippen LogP contribution in [0, 0.1) is 0 Å². The van der Waals surface area contributed by atoms with Gasteiger partial charge in [-0.15, -0.1) is 0 Å². The molecular weight excluding hydrogens is 582 g/mol. The first-order valence-electron chi connectivity index (χ1n) is 15.7. The van der Waals surface area contributed by atoms with Crippen LogP contribution >= 0.6 is 0 Å². The first-order valence-corrected chi connectivity index (χ1v) is 15.7. The molecule has 2 atom stereocenters. The summed E-state index contributed by atoms with van der Waals surface area (Å²) in [6.45, 7) is 5.25. The Bertz CT molecular complexity index is 1880. The Balaban J connectivity index is 1.02. The largest absolute Gasteiger partial charge is 0.491 e. The van der Waals surface area contributed by atoms with E-state index in [1.54, 1.807) is 23.1 Å². The van der Waals surface area contributed by atoms with Crippen LogP contribution in [0.25, 0.3) is 21.5 Å². The lowest BCUT2D eigenvalue weighted by Gasteiger charge is -2.23. The van der Waals surface area contributed by atoms with Gasteiger partial charge in [0.05, 0.1) is 18.8 Å². The maximum Gasteiger partial charge on any atom is 0.343 e. The number of carbonyl (C=O) groups is 2. The molecule has 7 rings (SSSR count). The van der Waals surface area contributed by atoms with E-state index in [-0.39, 0.29) is 18.1 Å². The lowest BCUT2D eigenvalue weighted by molar-refractivity contribution is 0.0734. The number of epoxide rings is 2. The smallest absolute Gasteiger partial charge is 0.343 e. The van der Waals surface area contributed by atoms with E-state index in [1.165, 1.54) is 0 Å². The van der Waals surface area contributed by atoms with Crippen LogP contribution in [-0.4, -0.2) is 57.1 Å². The molecule has 0 saturated carbocycles. The number of benzene rings is 5. The molecule has 234 valence electrons. The van der Waals surface area contributed by atoms with E-state index in [0.29, 0.717) is 36.6 Å². The van der Waals surface area contributed by atoms with Crippen molar-refractivity contribution in [2.24, 2.45) is 0 Å². The first kappa shape index (κ1) is 29.8. The zero-order valence-corrected chi connectivity index (χ0v) is 25.6. The van der Waals surface area contributed by atoms with Crippen molar-refractivity contribution in [1.82, 2.24) is 0 Å². The number of unbranched alkanes of at least 4 members (excludes halogenated alkanes) is 1. The lowest BCUT2D eigenvalue weighted by Crippen LogP contribution is -2.31. The van der Waals surface area contributed by atoms with Gasteiger partial charge in [-0.25, -0.2) is 4.79 Å². The van der Waals surface area contributed by atoms with Crippen molar-refractivity contribution >= 4 is 39.1 Å². The fourth-order valence-electron chi connectivity index (χ4n) is 5.27. The number of esters is 1. The van der Waals surface area contributed by atoms with Gasteiger partial charge in [0.1, 0.15) is 42.7 Å². The summed E-state index contributed by atoms with van der Waals surface area (Å²) in [6, 6.07) is 29.9. The predicted molar refractivity (Wildman–Crippen MR) is 176 cm³/mol. The third-order valence-corrected chi connectivity index (χ3v) is 8.12. The molecule has 0 radical (unpaired) electrons. The van der Waals surface area contributed by atoms with Crippen molar-refractivity contribution < 1.29 is 33.3 Å². The number of fused-ring (bicyclic) bond motifs is 2. The van der Waals surface area contributed by atoms with Crippen LogP contribution in [-0.2, 0) is 9.47 Å². The van der Waals surface area contributed by atoms with E-state index in [4.69, 9.17) is 23.7 Å². The van der Waals surface area contributed by atoms with E-state index in [9.17, 15) is 9.59 Å². The predicted octanol–water partition coefficient (Wildman–Crippen LogP) is 7.21. The Morgan fingerprint density at radius 1 is 0.674 bits per heavy atom.